The van der Waals surface area contributed by atoms with E-state index in [9.17, 15) is 18.0 Å². The molecule has 0 radical (unpaired) electrons. The predicted octanol–water partition coefficient (Wildman–Crippen LogP) is 1.65. The molecule has 2 aliphatic rings. The molecule has 0 aromatic heterocycles. The Morgan fingerprint density at radius 3 is 2.15 bits per heavy atom. The van der Waals surface area contributed by atoms with Gasteiger partial charge in [-0.05, 0) is 38.4 Å². The van der Waals surface area contributed by atoms with E-state index in [0.29, 0.717) is 38.4 Å². The van der Waals surface area contributed by atoms with Crippen molar-refractivity contribution in [2.24, 2.45) is 11.8 Å². The number of likely N-dealkylation sites (N-methyl/N-ethyl adjacent to an activating group) is 1. The molecule has 1 N–H and O–H groups in total. The lowest BCUT2D eigenvalue weighted by molar-refractivity contribution is -0.149. The van der Waals surface area contributed by atoms with E-state index >= 15 is 0 Å². The second kappa shape index (κ2) is 9.90. The van der Waals surface area contributed by atoms with Gasteiger partial charge in [-0.25, -0.2) is 0 Å². The van der Waals surface area contributed by atoms with Crippen LogP contribution >= 0.6 is 0 Å². The topological polar surface area (TPSA) is 38.8 Å². The smallest absolute Gasteiger partial charge is 0.356 e. The molecule has 0 aromatic carbocycles. The van der Waals surface area contributed by atoms with Crippen molar-refractivity contribution in [2.45, 2.75) is 32.9 Å². The predicted molar refractivity (Wildman–Crippen MR) is 95.9 cm³/mol. The Morgan fingerprint density at radius 2 is 1.62 bits per heavy atom. The standard InChI is InChI=1S/C18H33F3N4O/c1-3-23-8-10-24(11-9-23)13-15(2)12-22-17(26)16-4-6-25(7-5-16)14-18(19,20)21/h15-16H,3-14H2,1-2H3,(H,22,26). The quantitative estimate of drug-likeness (QED) is 0.731. The molecule has 1 atom stereocenters. The number of amides is 1. The third-order valence-electron chi connectivity index (χ3n) is 5.47. The minimum Gasteiger partial charge on any atom is -0.356 e. The summed E-state index contributed by atoms with van der Waals surface area (Å²) in [6.07, 6.45) is -3.14. The Kier molecular flexibility index (Phi) is 8.16. The fourth-order valence-corrected chi connectivity index (χ4v) is 3.82. The van der Waals surface area contributed by atoms with Crippen LogP contribution in [0.2, 0.25) is 0 Å². The van der Waals surface area contributed by atoms with Crippen LogP contribution in [0.4, 0.5) is 13.2 Å². The van der Waals surface area contributed by atoms with Crippen LogP contribution in [-0.2, 0) is 4.79 Å². The van der Waals surface area contributed by atoms with Gasteiger partial charge in [0.1, 0.15) is 0 Å². The molecule has 0 aliphatic carbocycles. The van der Waals surface area contributed by atoms with E-state index in [0.717, 1.165) is 39.3 Å². The van der Waals surface area contributed by atoms with Crippen LogP contribution in [0.5, 0.6) is 0 Å². The summed E-state index contributed by atoms with van der Waals surface area (Å²) < 4.78 is 37.2. The van der Waals surface area contributed by atoms with Crippen LogP contribution in [0, 0.1) is 11.8 Å². The van der Waals surface area contributed by atoms with E-state index < -0.39 is 12.7 Å². The van der Waals surface area contributed by atoms with E-state index in [4.69, 9.17) is 0 Å². The number of nitrogens with zero attached hydrogens (tertiary/aromatic N) is 3. The zero-order chi connectivity index (χ0) is 19.2. The van der Waals surface area contributed by atoms with E-state index in [1.54, 1.807) is 0 Å². The fraction of sp³-hybridized carbons (Fsp3) is 0.944. The van der Waals surface area contributed by atoms with Gasteiger partial charge in [0.05, 0.1) is 6.54 Å². The van der Waals surface area contributed by atoms with Crippen molar-refractivity contribution < 1.29 is 18.0 Å². The minimum atomic E-state index is -4.16. The molecule has 2 fully saturated rings. The van der Waals surface area contributed by atoms with E-state index in [1.165, 1.54) is 4.90 Å². The van der Waals surface area contributed by atoms with E-state index in [1.807, 2.05) is 0 Å². The molecule has 1 unspecified atom stereocenters. The van der Waals surface area contributed by atoms with E-state index in [-0.39, 0.29) is 11.8 Å². The van der Waals surface area contributed by atoms with E-state index in [2.05, 4.69) is 29.0 Å². The number of carbonyl (C=O) groups is 1. The number of piperidine rings is 1. The van der Waals surface area contributed by atoms with Gasteiger partial charge in [-0.1, -0.05) is 13.8 Å². The summed E-state index contributed by atoms with van der Waals surface area (Å²) >= 11 is 0. The molecule has 2 saturated heterocycles. The van der Waals surface area contributed by atoms with Gasteiger partial charge in [0.15, 0.2) is 0 Å². The van der Waals surface area contributed by atoms with Gasteiger partial charge in [-0.2, -0.15) is 13.2 Å². The summed E-state index contributed by atoms with van der Waals surface area (Å²) in [5, 5.41) is 3.01. The maximum absolute atomic E-state index is 12.4. The fourth-order valence-electron chi connectivity index (χ4n) is 3.82. The van der Waals surface area contributed by atoms with Crippen LogP contribution in [0.1, 0.15) is 26.7 Å². The number of likely N-dealkylation sites (tertiary alicyclic amines) is 1. The summed E-state index contributed by atoms with van der Waals surface area (Å²) in [5.41, 5.74) is 0. The van der Waals surface area contributed by atoms with Crippen LogP contribution in [0.25, 0.3) is 0 Å². The Labute approximate surface area is 154 Å². The van der Waals surface area contributed by atoms with Gasteiger partial charge in [-0.3, -0.25) is 9.69 Å². The second-order valence-corrected chi connectivity index (χ2v) is 7.75. The molecule has 0 spiro atoms. The first-order chi connectivity index (χ1) is 12.3. The van der Waals surface area contributed by atoms with Crippen molar-refractivity contribution in [1.29, 1.82) is 0 Å². The van der Waals surface area contributed by atoms with Gasteiger partial charge in [0.2, 0.25) is 5.91 Å². The number of rotatable bonds is 7. The molecule has 1 amide bonds. The highest BCUT2D eigenvalue weighted by Crippen LogP contribution is 2.22. The summed E-state index contributed by atoms with van der Waals surface area (Å²) in [6, 6.07) is 0. The monoisotopic (exact) mass is 378 g/mol. The highest BCUT2D eigenvalue weighted by atomic mass is 19.4. The lowest BCUT2D eigenvalue weighted by Gasteiger charge is -2.35. The average molecular weight is 378 g/mol. The molecule has 0 aromatic rings. The van der Waals surface area contributed by atoms with Crippen molar-refractivity contribution in [1.82, 2.24) is 20.0 Å². The summed E-state index contributed by atoms with van der Waals surface area (Å²) in [7, 11) is 0. The summed E-state index contributed by atoms with van der Waals surface area (Å²) in [6.45, 7) is 11.2. The first kappa shape index (κ1) is 21.4. The number of alkyl halides is 3. The Hall–Kier alpha value is -0.860. The molecule has 5 nitrogen and oxygen atoms in total. The average Bonchev–Trinajstić information content (AvgIpc) is 2.59. The lowest BCUT2D eigenvalue weighted by Crippen LogP contribution is -2.48. The zero-order valence-corrected chi connectivity index (χ0v) is 16.0. The molecule has 8 heteroatoms. The van der Waals surface area contributed by atoms with Gasteiger partial charge >= 0.3 is 6.18 Å². The zero-order valence-electron chi connectivity index (χ0n) is 16.0. The van der Waals surface area contributed by atoms with Crippen molar-refractivity contribution >= 4 is 5.91 Å². The van der Waals surface area contributed by atoms with Gasteiger partial charge in [0.25, 0.3) is 0 Å². The Balaban J connectivity index is 1.61. The molecule has 0 bridgehead atoms. The highest BCUT2D eigenvalue weighted by Gasteiger charge is 2.33. The molecule has 2 rings (SSSR count). The number of piperazine rings is 1. The van der Waals surface area contributed by atoms with Gasteiger partial charge in [0, 0.05) is 45.2 Å². The third-order valence-corrected chi connectivity index (χ3v) is 5.47. The van der Waals surface area contributed by atoms with Gasteiger partial charge in [-0.15, -0.1) is 0 Å². The van der Waals surface area contributed by atoms with Crippen molar-refractivity contribution in [3.05, 3.63) is 0 Å². The first-order valence-electron chi connectivity index (χ1n) is 9.78. The largest absolute Gasteiger partial charge is 0.401 e. The lowest BCUT2D eigenvalue weighted by atomic mass is 9.95. The number of hydrogen-bond donors (Lipinski definition) is 1. The van der Waals surface area contributed by atoms with Crippen LogP contribution < -0.4 is 5.32 Å². The van der Waals surface area contributed by atoms with Gasteiger partial charge < -0.3 is 15.1 Å². The summed E-state index contributed by atoms with van der Waals surface area (Å²) in [5.74, 6) is 0.219. The molecular weight excluding hydrogens is 345 g/mol. The Bertz CT molecular complexity index is 431. The number of halogens is 3. The number of nitrogens with one attached hydrogen (secondary N) is 1. The molecule has 2 heterocycles. The maximum Gasteiger partial charge on any atom is 0.401 e. The molecule has 2 aliphatic heterocycles. The van der Waals surface area contributed by atoms with Crippen LogP contribution in [0.3, 0.4) is 0 Å². The minimum absolute atomic E-state index is 0.000638. The van der Waals surface area contributed by atoms with Crippen LogP contribution in [-0.4, -0.2) is 92.2 Å². The number of hydrogen-bond acceptors (Lipinski definition) is 4. The highest BCUT2D eigenvalue weighted by molar-refractivity contribution is 5.78. The maximum atomic E-state index is 12.4. The second-order valence-electron chi connectivity index (χ2n) is 7.75. The van der Waals surface area contributed by atoms with Crippen LogP contribution in [0.15, 0.2) is 0 Å². The third kappa shape index (κ3) is 7.40. The first-order valence-corrected chi connectivity index (χ1v) is 9.78. The Morgan fingerprint density at radius 1 is 1.04 bits per heavy atom. The van der Waals surface area contributed by atoms with Crippen molar-refractivity contribution in [3.8, 4) is 0 Å². The van der Waals surface area contributed by atoms with Crippen molar-refractivity contribution in [3.63, 3.8) is 0 Å². The van der Waals surface area contributed by atoms with Crippen molar-refractivity contribution in [2.75, 3.05) is 65.4 Å². The summed E-state index contributed by atoms with van der Waals surface area (Å²) in [4.78, 5) is 18.6. The number of carbonyl (C=O) groups excluding carboxylic acids is 1. The molecule has 0 saturated carbocycles. The molecular formula is C18H33F3N4O. The normalized spacial score (nSPS) is 23.1. The molecule has 152 valence electrons. The SMILES string of the molecule is CCN1CCN(CC(C)CNC(=O)C2CCN(CC(F)(F)F)CC2)CC1. The molecule has 26 heavy (non-hydrogen) atoms.